The lowest BCUT2D eigenvalue weighted by Gasteiger charge is -1.95. The zero-order valence-electron chi connectivity index (χ0n) is 4.26. The average Bonchev–Trinajstić information content (AvgIpc) is 2.14. The Hall–Kier alpha value is -0.920. The maximum absolute atomic E-state index is 2.92. The van der Waals surface area contributed by atoms with Crippen molar-refractivity contribution in [1.82, 2.24) is 4.68 Å². The molecule has 0 saturated carbocycles. The lowest BCUT2D eigenvalue weighted by Crippen LogP contribution is -2.03. The summed E-state index contributed by atoms with van der Waals surface area (Å²) in [5.41, 5.74) is 2.92. The van der Waals surface area contributed by atoms with Gasteiger partial charge in [-0.15, -0.1) is 0 Å². The quantitative estimate of drug-likeness (QED) is 0.543. The molecule has 0 radical (unpaired) electrons. The summed E-state index contributed by atoms with van der Waals surface area (Å²) in [4.78, 5) is 0. The molecule has 2 nitrogen and oxygen atoms in total. The molecule has 0 aliphatic heterocycles. The first-order valence-electron chi connectivity index (χ1n) is 2.24. The van der Waals surface area contributed by atoms with Crippen molar-refractivity contribution in [1.29, 1.82) is 0 Å². The van der Waals surface area contributed by atoms with Crippen LogP contribution in [0.1, 0.15) is 0 Å². The van der Waals surface area contributed by atoms with Gasteiger partial charge in [0, 0.05) is 19.4 Å². The Kier molecular flexibility index (Phi) is 1.02. The molecule has 0 bridgehead atoms. The predicted octanol–water partition coefficient (Wildman–Crippen LogP) is 0.661. The molecule has 0 aromatic carbocycles. The topological polar surface area (TPSA) is 17.0 Å². The van der Waals surface area contributed by atoms with Gasteiger partial charge >= 0.3 is 0 Å². The molecule has 7 heavy (non-hydrogen) atoms. The van der Waals surface area contributed by atoms with Crippen LogP contribution in [0.5, 0.6) is 0 Å². The third-order valence-corrected chi connectivity index (χ3v) is 0.863. The standard InChI is InChI=1S/C5H8N2/c1-6-7-4-2-3-5-7/h2-6H,1H3. The van der Waals surface area contributed by atoms with Crippen LogP contribution in [0.15, 0.2) is 24.5 Å². The van der Waals surface area contributed by atoms with E-state index in [9.17, 15) is 0 Å². The number of hydrogen-bond acceptors (Lipinski definition) is 1. The Balaban J connectivity index is 2.76. The minimum absolute atomic E-state index is 1.88. The first-order chi connectivity index (χ1) is 3.43. The second-order valence-corrected chi connectivity index (χ2v) is 1.31. The van der Waals surface area contributed by atoms with E-state index in [1.54, 1.807) is 0 Å². The van der Waals surface area contributed by atoms with Crippen LogP contribution >= 0.6 is 0 Å². The van der Waals surface area contributed by atoms with Crippen molar-refractivity contribution < 1.29 is 0 Å². The van der Waals surface area contributed by atoms with Crippen LogP contribution in [-0.2, 0) is 0 Å². The monoisotopic (exact) mass is 96.1 g/mol. The van der Waals surface area contributed by atoms with Crippen LogP contribution < -0.4 is 5.43 Å². The van der Waals surface area contributed by atoms with E-state index in [1.165, 1.54) is 0 Å². The number of nitrogens with one attached hydrogen (secondary N) is 1. The van der Waals surface area contributed by atoms with Crippen LogP contribution in [0.2, 0.25) is 0 Å². The van der Waals surface area contributed by atoms with Crippen molar-refractivity contribution >= 4 is 0 Å². The van der Waals surface area contributed by atoms with Gasteiger partial charge in [-0.05, 0) is 12.1 Å². The molecule has 0 spiro atoms. The first kappa shape index (κ1) is 4.24. The van der Waals surface area contributed by atoms with Gasteiger partial charge in [0.15, 0.2) is 0 Å². The highest BCUT2D eigenvalue weighted by Gasteiger charge is 1.73. The minimum Gasteiger partial charge on any atom is -0.330 e. The smallest absolute Gasteiger partial charge is 0.0258 e. The molecule has 0 unspecified atom stereocenters. The molecule has 0 amide bonds. The Bertz CT molecular complexity index is 121. The van der Waals surface area contributed by atoms with Crippen molar-refractivity contribution in [2.45, 2.75) is 0 Å². The van der Waals surface area contributed by atoms with Crippen molar-refractivity contribution in [2.24, 2.45) is 0 Å². The zero-order valence-corrected chi connectivity index (χ0v) is 4.26. The van der Waals surface area contributed by atoms with Gasteiger partial charge in [-0.2, -0.15) is 0 Å². The summed E-state index contributed by atoms with van der Waals surface area (Å²) in [6.07, 6.45) is 3.89. The second kappa shape index (κ2) is 1.69. The molecular weight excluding hydrogens is 88.1 g/mol. The third-order valence-electron chi connectivity index (χ3n) is 0.863. The van der Waals surface area contributed by atoms with E-state index < -0.39 is 0 Å². The zero-order chi connectivity index (χ0) is 5.11. The van der Waals surface area contributed by atoms with Gasteiger partial charge in [0.2, 0.25) is 0 Å². The van der Waals surface area contributed by atoms with Crippen LogP contribution in [0.25, 0.3) is 0 Å². The van der Waals surface area contributed by atoms with E-state index in [2.05, 4.69) is 5.43 Å². The molecule has 0 fully saturated rings. The predicted molar refractivity (Wildman–Crippen MR) is 29.7 cm³/mol. The molecule has 1 heterocycles. The van der Waals surface area contributed by atoms with Crippen molar-refractivity contribution in [3.05, 3.63) is 24.5 Å². The molecule has 0 saturated heterocycles. The Labute approximate surface area is 42.7 Å². The largest absolute Gasteiger partial charge is 0.330 e. The van der Waals surface area contributed by atoms with E-state index in [1.807, 2.05) is 36.3 Å². The van der Waals surface area contributed by atoms with Crippen molar-refractivity contribution in [3.8, 4) is 0 Å². The maximum Gasteiger partial charge on any atom is 0.0258 e. The highest BCUT2D eigenvalue weighted by atomic mass is 15.4. The van der Waals surface area contributed by atoms with Gasteiger partial charge in [0.25, 0.3) is 0 Å². The summed E-state index contributed by atoms with van der Waals surface area (Å²) in [5.74, 6) is 0. The van der Waals surface area contributed by atoms with Crippen LogP contribution in [-0.4, -0.2) is 11.7 Å². The fourth-order valence-electron chi connectivity index (χ4n) is 0.484. The summed E-state index contributed by atoms with van der Waals surface area (Å²) in [5, 5.41) is 0. The molecule has 0 atom stereocenters. The van der Waals surface area contributed by atoms with E-state index in [0.717, 1.165) is 0 Å². The summed E-state index contributed by atoms with van der Waals surface area (Å²) >= 11 is 0. The van der Waals surface area contributed by atoms with E-state index in [-0.39, 0.29) is 0 Å². The van der Waals surface area contributed by atoms with Gasteiger partial charge in [-0.25, -0.2) is 0 Å². The fraction of sp³-hybridized carbons (Fsp3) is 0.200. The Morgan fingerprint density at radius 3 is 2.14 bits per heavy atom. The lowest BCUT2D eigenvalue weighted by molar-refractivity contribution is 0.938. The molecule has 1 aromatic rings. The summed E-state index contributed by atoms with van der Waals surface area (Å²) in [7, 11) is 1.88. The Morgan fingerprint density at radius 1 is 1.29 bits per heavy atom. The average molecular weight is 96.1 g/mol. The molecule has 0 aliphatic carbocycles. The van der Waals surface area contributed by atoms with Crippen LogP contribution in [0.4, 0.5) is 0 Å². The lowest BCUT2D eigenvalue weighted by atomic mass is 10.7. The first-order valence-corrected chi connectivity index (χ1v) is 2.24. The van der Waals surface area contributed by atoms with Crippen LogP contribution in [0.3, 0.4) is 0 Å². The van der Waals surface area contributed by atoms with Gasteiger partial charge < -0.3 is 5.43 Å². The molecule has 0 aliphatic rings. The van der Waals surface area contributed by atoms with Crippen molar-refractivity contribution in [2.75, 3.05) is 12.5 Å². The van der Waals surface area contributed by atoms with Gasteiger partial charge in [-0.1, -0.05) is 0 Å². The Morgan fingerprint density at radius 2 is 1.86 bits per heavy atom. The second-order valence-electron chi connectivity index (χ2n) is 1.31. The normalized spacial score (nSPS) is 8.71. The highest BCUT2D eigenvalue weighted by molar-refractivity contribution is 4.91. The maximum atomic E-state index is 2.92. The number of nitrogens with zero attached hydrogens (tertiary/aromatic N) is 1. The van der Waals surface area contributed by atoms with Gasteiger partial charge in [0.05, 0.1) is 0 Å². The van der Waals surface area contributed by atoms with Crippen LogP contribution in [0, 0.1) is 0 Å². The summed E-state index contributed by atoms with van der Waals surface area (Å²) in [6.45, 7) is 0. The molecule has 38 valence electrons. The number of rotatable bonds is 1. The molecule has 1 N–H and O–H groups in total. The van der Waals surface area contributed by atoms with Gasteiger partial charge in [-0.3, -0.25) is 4.68 Å². The highest BCUT2D eigenvalue weighted by Crippen LogP contribution is 1.81. The number of aromatic nitrogens is 1. The minimum atomic E-state index is 1.88. The third kappa shape index (κ3) is 0.738. The molecule has 1 rings (SSSR count). The van der Waals surface area contributed by atoms with Gasteiger partial charge in [0.1, 0.15) is 0 Å². The van der Waals surface area contributed by atoms with Crippen molar-refractivity contribution in [3.63, 3.8) is 0 Å². The SMILES string of the molecule is CNn1cccc1. The summed E-state index contributed by atoms with van der Waals surface area (Å²) < 4.78 is 1.88. The fourth-order valence-corrected chi connectivity index (χ4v) is 0.484. The molecular formula is C5H8N2. The van der Waals surface area contributed by atoms with E-state index in [0.29, 0.717) is 0 Å². The number of hydrogen-bond donors (Lipinski definition) is 1. The summed E-state index contributed by atoms with van der Waals surface area (Å²) in [6, 6.07) is 3.94. The molecule has 2 heteroatoms. The van der Waals surface area contributed by atoms with E-state index in [4.69, 9.17) is 0 Å². The van der Waals surface area contributed by atoms with E-state index >= 15 is 0 Å². The molecule has 1 aromatic heterocycles.